The maximum Gasteiger partial charge on any atom is 0.383 e. The molecule has 0 aromatic rings. The van der Waals surface area contributed by atoms with Gasteiger partial charge in [0, 0.05) is 19.7 Å². The fourth-order valence-corrected chi connectivity index (χ4v) is 1.03. The van der Waals surface area contributed by atoms with Crippen LogP contribution in [0.25, 0.3) is 0 Å². The van der Waals surface area contributed by atoms with Crippen LogP contribution in [0.15, 0.2) is 0 Å². The summed E-state index contributed by atoms with van der Waals surface area (Å²) >= 11 is 0. The molecule has 7 heteroatoms. The molecule has 0 fully saturated rings. The summed E-state index contributed by atoms with van der Waals surface area (Å²) in [6.07, 6.45) is -3.99. The van der Waals surface area contributed by atoms with E-state index in [1.165, 1.54) is 6.92 Å². The lowest BCUT2D eigenvalue weighted by Gasteiger charge is -2.25. The van der Waals surface area contributed by atoms with Gasteiger partial charge in [-0.25, -0.2) is 8.78 Å². The van der Waals surface area contributed by atoms with E-state index in [-0.39, 0.29) is 19.7 Å². The number of carbonyl (C=O) groups is 1. The molecular weight excluding hydrogens is 230 g/mol. The Labute approximate surface area is 91.4 Å². The number of rotatable bonds is 7. The quantitative estimate of drug-likeness (QED) is 0.505. The average Bonchev–Trinajstić information content (AvgIpc) is 2.23. The van der Waals surface area contributed by atoms with Crippen molar-refractivity contribution in [2.24, 2.45) is 0 Å². The fraction of sp³-hybridized carbons (Fsp3) is 0.889. The van der Waals surface area contributed by atoms with Crippen molar-refractivity contribution in [3.63, 3.8) is 0 Å². The van der Waals surface area contributed by atoms with Crippen molar-refractivity contribution < 1.29 is 27.1 Å². The topological polar surface area (TPSA) is 29.5 Å². The minimum Gasteiger partial charge on any atom is -0.380 e. The molecule has 1 amide bonds. The van der Waals surface area contributed by atoms with E-state index in [0.29, 0.717) is 11.5 Å². The van der Waals surface area contributed by atoms with Gasteiger partial charge < -0.3 is 9.64 Å². The Morgan fingerprint density at radius 2 is 1.94 bits per heavy atom. The van der Waals surface area contributed by atoms with Crippen LogP contribution in [-0.4, -0.2) is 49.5 Å². The van der Waals surface area contributed by atoms with E-state index in [4.69, 9.17) is 4.74 Å². The number of ether oxygens (including phenoxy) is 1. The average molecular weight is 245 g/mol. The minimum absolute atomic E-state index is 0.0510. The van der Waals surface area contributed by atoms with Crippen LogP contribution in [0.4, 0.5) is 17.6 Å². The molecule has 0 rings (SSSR count). The summed E-state index contributed by atoms with van der Waals surface area (Å²) in [4.78, 5) is 11.7. The maximum atomic E-state index is 12.7. The lowest BCUT2D eigenvalue weighted by atomic mass is 10.3. The molecule has 0 atom stereocenters. The van der Waals surface area contributed by atoms with E-state index in [9.17, 15) is 22.4 Å². The van der Waals surface area contributed by atoms with Gasteiger partial charge in [0.25, 0.3) is 5.91 Å². The van der Waals surface area contributed by atoms with Crippen LogP contribution >= 0.6 is 0 Å². The summed E-state index contributed by atoms with van der Waals surface area (Å²) in [6.45, 7) is 3.38. The Morgan fingerprint density at radius 3 is 2.31 bits per heavy atom. The number of carbonyl (C=O) groups excluding carboxylic acids is 1. The second kappa shape index (κ2) is 6.67. The highest BCUT2D eigenvalue weighted by Gasteiger charge is 2.50. The van der Waals surface area contributed by atoms with Gasteiger partial charge in [-0.05, 0) is 13.8 Å². The monoisotopic (exact) mass is 245 g/mol. The first-order valence-electron chi connectivity index (χ1n) is 4.90. The summed E-state index contributed by atoms with van der Waals surface area (Å²) in [6, 6.07) is 0. The molecular formula is C9H15F4NO2. The van der Waals surface area contributed by atoms with E-state index >= 15 is 0 Å². The summed E-state index contributed by atoms with van der Waals surface area (Å²) < 4.78 is 54.1. The highest BCUT2D eigenvalue weighted by molar-refractivity contribution is 5.83. The number of alkyl halides is 4. The zero-order chi connectivity index (χ0) is 12.8. The number of nitrogens with zero attached hydrogens (tertiary/aromatic N) is 1. The van der Waals surface area contributed by atoms with Crippen molar-refractivity contribution >= 4 is 5.91 Å². The van der Waals surface area contributed by atoms with E-state index in [1.54, 1.807) is 6.92 Å². The number of hydrogen-bond acceptors (Lipinski definition) is 2. The summed E-state index contributed by atoms with van der Waals surface area (Å²) in [7, 11) is 0. The third-order valence-electron chi connectivity index (χ3n) is 1.94. The highest BCUT2D eigenvalue weighted by Crippen LogP contribution is 2.25. The van der Waals surface area contributed by atoms with Crippen LogP contribution in [-0.2, 0) is 9.53 Å². The molecule has 0 N–H and O–H groups in total. The third kappa shape index (κ3) is 3.96. The Hall–Kier alpha value is -0.850. The molecule has 0 heterocycles. The second-order valence-corrected chi connectivity index (χ2v) is 3.01. The van der Waals surface area contributed by atoms with Gasteiger partial charge in [0.15, 0.2) is 0 Å². The van der Waals surface area contributed by atoms with Crippen molar-refractivity contribution in [1.82, 2.24) is 4.90 Å². The first-order chi connectivity index (χ1) is 7.37. The standard InChI is InChI=1S/C9H15F4NO2/c1-3-14(5-6-16-4-2)8(15)9(12,13)7(10)11/h7H,3-6H2,1-2H3. The molecule has 96 valence electrons. The lowest BCUT2D eigenvalue weighted by Crippen LogP contribution is -2.48. The van der Waals surface area contributed by atoms with E-state index in [1.807, 2.05) is 0 Å². The van der Waals surface area contributed by atoms with Crippen molar-refractivity contribution in [2.75, 3.05) is 26.3 Å². The number of hydrogen-bond donors (Lipinski definition) is 0. The van der Waals surface area contributed by atoms with E-state index < -0.39 is 18.3 Å². The van der Waals surface area contributed by atoms with Gasteiger partial charge in [-0.1, -0.05) is 0 Å². The molecule has 0 spiro atoms. The molecule has 0 aromatic heterocycles. The number of halogens is 4. The van der Waals surface area contributed by atoms with Gasteiger partial charge in [0.05, 0.1) is 6.61 Å². The van der Waals surface area contributed by atoms with Gasteiger partial charge in [-0.2, -0.15) is 8.78 Å². The van der Waals surface area contributed by atoms with Crippen molar-refractivity contribution in [1.29, 1.82) is 0 Å². The smallest absolute Gasteiger partial charge is 0.380 e. The largest absolute Gasteiger partial charge is 0.383 e. The van der Waals surface area contributed by atoms with E-state index in [0.717, 1.165) is 0 Å². The van der Waals surface area contributed by atoms with Crippen LogP contribution in [0.1, 0.15) is 13.8 Å². The van der Waals surface area contributed by atoms with Gasteiger partial charge in [0.2, 0.25) is 0 Å². The predicted molar refractivity (Wildman–Crippen MR) is 49.7 cm³/mol. The van der Waals surface area contributed by atoms with Crippen LogP contribution < -0.4 is 0 Å². The van der Waals surface area contributed by atoms with Gasteiger partial charge in [-0.15, -0.1) is 0 Å². The Morgan fingerprint density at radius 1 is 1.38 bits per heavy atom. The van der Waals surface area contributed by atoms with Gasteiger partial charge in [-0.3, -0.25) is 4.79 Å². The van der Waals surface area contributed by atoms with Crippen molar-refractivity contribution in [2.45, 2.75) is 26.2 Å². The molecule has 0 aliphatic carbocycles. The Kier molecular flexibility index (Phi) is 6.32. The first kappa shape index (κ1) is 15.2. The molecule has 0 saturated carbocycles. The van der Waals surface area contributed by atoms with Crippen LogP contribution in [0.2, 0.25) is 0 Å². The lowest BCUT2D eigenvalue weighted by molar-refractivity contribution is -0.181. The SMILES string of the molecule is CCOCCN(CC)C(=O)C(F)(F)C(F)F. The number of amides is 1. The summed E-state index contributed by atoms with van der Waals surface area (Å²) in [5.74, 6) is -6.48. The molecule has 0 bridgehead atoms. The van der Waals surface area contributed by atoms with Gasteiger partial charge >= 0.3 is 12.3 Å². The molecule has 0 aliphatic heterocycles. The number of likely N-dealkylation sites (N-methyl/N-ethyl adjacent to an activating group) is 1. The maximum absolute atomic E-state index is 12.7. The van der Waals surface area contributed by atoms with E-state index in [2.05, 4.69) is 0 Å². The van der Waals surface area contributed by atoms with Crippen LogP contribution in [0.3, 0.4) is 0 Å². The van der Waals surface area contributed by atoms with Crippen LogP contribution in [0.5, 0.6) is 0 Å². The Bertz CT molecular complexity index is 224. The normalized spacial score (nSPS) is 11.9. The van der Waals surface area contributed by atoms with Crippen LogP contribution in [0, 0.1) is 0 Å². The molecule has 0 aromatic carbocycles. The summed E-state index contributed by atoms with van der Waals surface area (Å²) in [5, 5.41) is 0. The molecule has 16 heavy (non-hydrogen) atoms. The fourth-order valence-electron chi connectivity index (χ4n) is 1.03. The molecule has 0 radical (unpaired) electrons. The minimum atomic E-state index is -4.62. The molecule has 0 aliphatic rings. The van der Waals surface area contributed by atoms with Gasteiger partial charge in [0.1, 0.15) is 0 Å². The molecule has 0 unspecified atom stereocenters. The first-order valence-corrected chi connectivity index (χ1v) is 4.90. The Balaban J connectivity index is 4.41. The highest BCUT2D eigenvalue weighted by atomic mass is 19.3. The molecule has 3 nitrogen and oxygen atoms in total. The zero-order valence-corrected chi connectivity index (χ0v) is 9.18. The van der Waals surface area contributed by atoms with Crippen molar-refractivity contribution in [3.8, 4) is 0 Å². The summed E-state index contributed by atoms with van der Waals surface area (Å²) in [5.41, 5.74) is 0. The van der Waals surface area contributed by atoms with Crippen molar-refractivity contribution in [3.05, 3.63) is 0 Å². The second-order valence-electron chi connectivity index (χ2n) is 3.01. The predicted octanol–water partition coefficient (Wildman–Crippen LogP) is 1.77. The molecule has 0 saturated heterocycles. The zero-order valence-electron chi connectivity index (χ0n) is 9.18. The third-order valence-corrected chi connectivity index (χ3v) is 1.94.